The second-order valence-corrected chi connectivity index (χ2v) is 7.24. The first kappa shape index (κ1) is 21.1. The molecule has 0 unspecified atom stereocenters. The molecule has 1 aromatic heterocycles. The minimum atomic E-state index is -0.496. The molecule has 0 spiro atoms. The first-order valence-electron chi connectivity index (χ1n) is 9.73. The number of aromatic nitrogens is 1. The summed E-state index contributed by atoms with van der Waals surface area (Å²) in [5.74, 6) is -0.421. The molecule has 0 saturated heterocycles. The summed E-state index contributed by atoms with van der Waals surface area (Å²) in [6.07, 6.45) is 5.38. The van der Waals surface area contributed by atoms with Crippen LogP contribution in [0.2, 0.25) is 5.02 Å². The van der Waals surface area contributed by atoms with Crippen molar-refractivity contribution in [3.05, 3.63) is 119 Å². The molecule has 158 valence electrons. The average molecular weight is 444 g/mol. The lowest BCUT2D eigenvalue weighted by molar-refractivity contribution is 0.0734. The number of carbonyl (C=O) groups is 2. The van der Waals surface area contributed by atoms with Gasteiger partial charge >= 0.3 is 5.97 Å². The third-order valence-corrected chi connectivity index (χ3v) is 4.80. The summed E-state index contributed by atoms with van der Waals surface area (Å²) in [4.78, 5) is 24.4. The van der Waals surface area contributed by atoms with Crippen molar-refractivity contribution < 1.29 is 14.3 Å². The summed E-state index contributed by atoms with van der Waals surface area (Å²) in [6.45, 7) is 0. The van der Waals surface area contributed by atoms with Gasteiger partial charge in [0.25, 0.3) is 5.91 Å². The van der Waals surface area contributed by atoms with Gasteiger partial charge in [0.15, 0.2) is 0 Å². The summed E-state index contributed by atoms with van der Waals surface area (Å²) in [7, 11) is 0. The molecule has 0 radical (unpaired) electrons. The Morgan fingerprint density at radius 3 is 2.28 bits per heavy atom. The lowest BCUT2D eigenvalue weighted by Crippen LogP contribution is -2.17. The maximum Gasteiger partial charge on any atom is 0.343 e. The Morgan fingerprint density at radius 2 is 1.59 bits per heavy atom. The zero-order chi connectivity index (χ0) is 22.3. The van der Waals surface area contributed by atoms with Crippen LogP contribution >= 0.6 is 11.6 Å². The van der Waals surface area contributed by atoms with E-state index in [9.17, 15) is 9.59 Å². The topological polar surface area (TPSA) is 72.7 Å². The van der Waals surface area contributed by atoms with Gasteiger partial charge in [-0.2, -0.15) is 5.10 Å². The number of nitrogens with one attached hydrogen (secondary N) is 1. The minimum absolute atomic E-state index is 0.313. The summed E-state index contributed by atoms with van der Waals surface area (Å²) in [6, 6.07) is 24.4. The number of nitrogens with zero attached hydrogens (tertiary/aromatic N) is 2. The number of hydrazone groups is 1. The van der Waals surface area contributed by atoms with Crippen LogP contribution in [-0.2, 0) is 0 Å². The van der Waals surface area contributed by atoms with Crippen molar-refractivity contribution in [3.63, 3.8) is 0 Å². The van der Waals surface area contributed by atoms with E-state index in [1.807, 2.05) is 41.2 Å². The van der Waals surface area contributed by atoms with Gasteiger partial charge in [0.05, 0.1) is 11.8 Å². The molecule has 0 saturated carbocycles. The molecule has 0 aliphatic heterocycles. The van der Waals surface area contributed by atoms with Gasteiger partial charge in [0.1, 0.15) is 5.75 Å². The molecule has 0 fully saturated rings. The number of carbonyl (C=O) groups excluding carboxylic acids is 2. The van der Waals surface area contributed by atoms with E-state index < -0.39 is 5.97 Å². The zero-order valence-corrected chi connectivity index (χ0v) is 17.6. The van der Waals surface area contributed by atoms with Crippen molar-refractivity contribution in [2.24, 2.45) is 5.10 Å². The van der Waals surface area contributed by atoms with Gasteiger partial charge < -0.3 is 9.30 Å². The summed E-state index contributed by atoms with van der Waals surface area (Å²) < 4.78 is 7.29. The maximum atomic E-state index is 12.3. The maximum absolute atomic E-state index is 12.3. The molecule has 4 rings (SSSR count). The van der Waals surface area contributed by atoms with Gasteiger partial charge in [-0.3, -0.25) is 4.79 Å². The van der Waals surface area contributed by atoms with E-state index in [0.29, 0.717) is 21.9 Å². The Kier molecular flexibility index (Phi) is 6.43. The van der Waals surface area contributed by atoms with E-state index in [4.69, 9.17) is 16.3 Å². The molecular formula is C25H18ClN3O3. The monoisotopic (exact) mass is 443 g/mol. The van der Waals surface area contributed by atoms with Gasteiger partial charge in [-0.05, 0) is 84.4 Å². The molecule has 0 bridgehead atoms. The van der Waals surface area contributed by atoms with Gasteiger partial charge in [-0.15, -0.1) is 0 Å². The van der Waals surface area contributed by atoms with Crippen molar-refractivity contribution in [2.75, 3.05) is 0 Å². The molecule has 0 aliphatic rings. The Bertz CT molecular complexity index is 1250. The molecule has 1 amide bonds. The van der Waals surface area contributed by atoms with Crippen LogP contribution in [0.3, 0.4) is 0 Å². The molecule has 3 aromatic carbocycles. The van der Waals surface area contributed by atoms with Gasteiger partial charge in [-0.25, -0.2) is 10.2 Å². The summed E-state index contributed by atoms with van der Waals surface area (Å²) >= 11 is 5.90. The predicted molar refractivity (Wildman–Crippen MR) is 124 cm³/mol. The SMILES string of the molecule is O=C(N/N=C/c1ccc(OC(=O)c2cccc(Cl)c2)cc1)c1ccc(-n2cccc2)cc1. The smallest absolute Gasteiger partial charge is 0.343 e. The Labute approximate surface area is 189 Å². The van der Waals surface area contributed by atoms with Crippen LogP contribution in [0.5, 0.6) is 5.75 Å². The highest BCUT2D eigenvalue weighted by molar-refractivity contribution is 6.30. The fourth-order valence-corrected chi connectivity index (χ4v) is 3.12. The van der Waals surface area contributed by atoms with Crippen LogP contribution in [0.4, 0.5) is 0 Å². The fraction of sp³-hybridized carbons (Fsp3) is 0. The van der Waals surface area contributed by atoms with E-state index in [1.54, 1.807) is 60.7 Å². The van der Waals surface area contributed by atoms with E-state index >= 15 is 0 Å². The van der Waals surface area contributed by atoms with Crippen molar-refractivity contribution in [1.82, 2.24) is 9.99 Å². The van der Waals surface area contributed by atoms with Gasteiger partial charge in [-0.1, -0.05) is 17.7 Å². The highest BCUT2D eigenvalue weighted by Crippen LogP contribution is 2.16. The molecule has 0 atom stereocenters. The number of benzene rings is 3. The fourth-order valence-electron chi connectivity index (χ4n) is 2.92. The lowest BCUT2D eigenvalue weighted by Gasteiger charge is -2.05. The molecule has 1 N–H and O–H groups in total. The Morgan fingerprint density at radius 1 is 0.875 bits per heavy atom. The largest absolute Gasteiger partial charge is 0.423 e. The van der Waals surface area contributed by atoms with E-state index in [1.165, 1.54) is 6.21 Å². The second-order valence-electron chi connectivity index (χ2n) is 6.81. The Hall–Kier alpha value is -4.16. The van der Waals surface area contributed by atoms with E-state index in [0.717, 1.165) is 11.3 Å². The quantitative estimate of drug-likeness (QED) is 0.195. The van der Waals surface area contributed by atoms with Crippen LogP contribution in [0.15, 0.2) is 102 Å². The first-order valence-corrected chi connectivity index (χ1v) is 10.1. The van der Waals surface area contributed by atoms with Gasteiger partial charge in [0.2, 0.25) is 0 Å². The number of hydrogen-bond donors (Lipinski definition) is 1. The van der Waals surface area contributed by atoms with Crippen LogP contribution in [0.1, 0.15) is 26.3 Å². The molecule has 32 heavy (non-hydrogen) atoms. The van der Waals surface area contributed by atoms with E-state index in [-0.39, 0.29) is 5.91 Å². The molecule has 1 heterocycles. The second kappa shape index (κ2) is 9.76. The molecule has 0 aliphatic carbocycles. The minimum Gasteiger partial charge on any atom is -0.423 e. The number of ether oxygens (including phenoxy) is 1. The first-order chi connectivity index (χ1) is 15.6. The standard InChI is InChI=1S/C25H18ClN3O3/c26-21-5-3-4-20(16-21)25(31)32-23-12-6-18(7-13-23)17-27-28-24(30)19-8-10-22(11-9-19)29-14-1-2-15-29/h1-17H,(H,28,30)/b27-17+. The third-order valence-electron chi connectivity index (χ3n) is 4.56. The Balaban J connectivity index is 1.31. The predicted octanol–water partition coefficient (Wildman–Crippen LogP) is 5.11. The highest BCUT2D eigenvalue weighted by atomic mass is 35.5. The number of hydrogen-bond acceptors (Lipinski definition) is 4. The highest BCUT2D eigenvalue weighted by Gasteiger charge is 2.09. The zero-order valence-electron chi connectivity index (χ0n) is 16.8. The molecular weight excluding hydrogens is 426 g/mol. The molecule has 6 nitrogen and oxygen atoms in total. The molecule has 4 aromatic rings. The van der Waals surface area contributed by atoms with Crippen LogP contribution in [-0.4, -0.2) is 22.7 Å². The van der Waals surface area contributed by atoms with Crippen LogP contribution in [0.25, 0.3) is 5.69 Å². The van der Waals surface area contributed by atoms with Crippen molar-refractivity contribution in [3.8, 4) is 11.4 Å². The number of halogens is 1. The van der Waals surface area contributed by atoms with E-state index in [2.05, 4.69) is 10.5 Å². The van der Waals surface area contributed by atoms with Crippen molar-refractivity contribution in [2.45, 2.75) is 0 Å². The van der Waals surface area contributed by atoms with Crippen molar-refractivity contribution in [1.29, 1.82) is 0 Å². The normalized spacial score (nSPS) is 10.8. The number of amides is 1. The number of rotatable bonds is 6. The van der Waals surface area contributed by atoms with Gasteiger partial charge in [0, 0.05) is 28.7 Å². The van der Waals surface area contributed by atoms with Crippen LogP contribution < -0.4 is 10.2 Å². The number of esters is 1. The van der Waals surface area contributed by atoms with Crippen molar-refractivity contribution >= 4 is 29.7 Å². The lowest BCUT2D eigenvalue weighted by atomic mass is 10.2. The summed E-state index contributed by atoms with van der Waals surface area (Å²) in [5, 5.41) is 4.45. The molecule has 7 heteroatoms. The third kappa shape index (κ3) is 5.30. The van der Waals surface area contributed by atoms with Crippen LogP contribution in [0, 0.1) is 0 Å². The summed E-state index contributed by atoms with van der Waals surface area (Å²) in [5.41, 5.74) is 5.07. The average Bonchev–Trinajstić information content (AvgIpc) is 3.35.